The first kappa shape index (κ1) is 53.4. The molecule has 3 aromatic heterocycles. The second-order valence-corrected chi connectivity index (χ2v) is 20.4. The van der Waals surface area contributed by atoms with Gasteiger partial charge in [-0.2, -0.15) is 0 Å². The number of hydrogen-bond donors (Lipinski definition) is 0. The van der Waals surface area contributed by atoms with Crippen LogP contribution in [0.1, 0.15) is 175 Å². The first-order valence-electron chi connectivity index (χ1n) is 28.0. The van der Waals surface area contributed by atoms with Crippen molar-refractivity contribution < 1.29 is 19.5 Å². The summed E-state index contributed by atoms with van der Waals surface area (Å²) in [5.41, 5.74) is 21.2. The predicted molar refractivity (Wildman–Crippen MR) is 310 cm³/mol. The predicted octanol–water partition coefficient (Wildman–Crippen LogP) is 19.1. The number of aromatic nitrogens is 4. The largest absolute Gasteiger partial charge is 2.00 e. The van der Waals surface area contributed by atoms with Gasteiger partial charge in [-0.3, -0.25) is 0 Å². The Balaban J connectivity index is 0.00000711. The van der Waals surface area contributed by atoms with E-state index in [0.29, 0.717) is 0 Å². The minimum absolute atomic E-state index is 0. The van der Waals surface area contributed by atoms with Crippen molar-refractivity contribution in [1.29, 1.82) is 0 Å². The van der Waals surface area contributed by atoms with Crippen molar-refractivity contribution in [2.45, 2.75) is 156 Å². The molecule has 0 atom stereocenters. The maximum absolute atomic E-state index is 5.58. The van der Waals surface area contributed by atoms with Crippen LogP contribution in [0.15, 0.2) is 121 Å². The van der Waals surface area contributed by atoms with Crippen LogP contribution < -0.4 is 9.97 Å². The van der Waals surface area contributed by atoms with Gasteiger partial charge in [-0.05, 0) is 142 Å². The van der Waals surface area contributed by atoms with Crippen LogP contribution in [0.4, 0.5) is 0 Å². The van der Waals surface area contributed by atoms with Crippen molar-refractivity contribution in [2.24, 2.45) is 0 Å². The summed E-state index contributed by atoms with van der Waals surface area (Å²) in [5, 5.41) is 0. The molecule has 0 saturated heterocycles. The third-order valence-corrected chi connectivity index (χ3v) is 14.9. The first-order chi connectivity index (χ1) is 35.5. The van der Waals surface area contributed by atoms with E-state index in [1.807, 2.05) is 0 Å². The molecular formula is C68H76N4Zn. The summed E-state index contributed by atoms with van der Waals surface area (Å²) in [6, 6.07) is 45.5. The van der Waals surface area contributed by atoms with Gasteiger partial charge in [-0.15, -0.1) is 22.1 Å². The van der Waals surface area contributed by atoms with Crippen molar-refractivity contribution in [3.63, 3.8) is 0 Å². The Kier molecular flexibility index (Phi) is 19.7. The van der Waals surface area contributed by atoms with E-state index in [0.717, 1.165) is 115 Å². The molecule has 0 saturated carbocycles. The van der Waals surface area contributed by atoms with Crippen molar-refractivity contribution in [2.75, 3.05) is 0 Å². The zero-order valence-corrected chi connectivity index (χ0v) is 47.5. The van der Waals surface area contributed by atoms with E-state index >= 15 is 0 Å². The molecule has 0 radical (unpaired) electrons. The molecule has 7 aromatic rings. The van der Waals surface area contributed by atoms with Gasteiger partial charge in [0.15, 0.2) is 0 Å². The Morgan fingerprint density at radius 1 is 0.274 bits per heavy atom. The third-order valence-electron chi connectivity index (χ3n) is 14.9. The van der Waals surface area contributed by atoms with Crippen molar-refractivity contribution in [1.82, 2.24) is 19.9 Å². The Bertz CT molecular complexity index is 2680. The molecule has 9 rings (SSSR count). The minimum atomic E-state index is 0. The fraction of sp³-hybridized carbons (Fsp3) is 0.353. The quantitative estimate of drug-likeness (QED) is 0.0447. The maximum Gasteiger partial charge on any atom is 2.00 e. The molecule has 4 aromatic carbocycles. The molecular weight excluding hydrogens is 938 g/mol. The van der Waals surface area contributed by atoms with E-state index in [1.54, 1.807) is 0 Å². The summed E-state index contributed by atoms with van der Waals surface area (Å²) in [4.78, 5) is 22.3. The van der Waals surface area contributed by atoms with E-state index < -0.39 is 0 Å². The second-order valence-electron chi connectivity index (χ2n) is 20.4. The van der Waals surface area contributed by atoms with Gasteiger partial charge in [0, 0.05) is 0 Å². The van der Waals surface area contributed by atoms with Crippen LogP contribution in [0.25, 0.3) is 90.9 Å². The van der Waals surface area contributed by atoms with E-state index in [4.69, 9.17) is 19.9 Å². The summed E-state index contributed by atoms with van der Waals surface area (Å²) in [6.45, 7) is 9.11. The number of benzene rings is 4. The van der Waals surface area contributed by atoms with Gasteiger partial charge < -0.3 is 9.97 Å². The fourth-order valence-corrected chi connectivity index (χ4v) is 10.6. The Labute approximate surface area is 450 Å². The van der Waals surface area contributed by atoms with E-state index in [9.17, 15) is 0 Å². The smallest absolute Gasteiger partial charge is 0.657 e. The zero-order chi connectivity index (χ0) is 49.5. The third kappa shape index (κ3) is 13.5. The number of rotatable bonds is 24. The summed E-state index contributed by atoms with van der Waals surface area (Å²) in [5.74, 6) is 0. The molecule has 73 heavy (non-hydrogen) atoms. The Hall–Kier alpha value is -5.90. The summed E-state index contributed by atoms with van der Waals surface area (Å²) < 4.78 is 0. The van der Waals surface area contributed by atoms with E-state index in [-0.39, 0.29) is 19.5 Å². The SMILES string of the molecule is CCCCCCc1ccc(-c2c3nc(c(-c4ccc(CCCCCC)cc4)c4ccc([n-]4)c(-c4ccc(CCCCCC)cc4)c4nc(c(-c5ccc(CCCCCC)cc5)c5ccc2[n-]5)C=C4)C=C3)cc1.[Zn+2]. The van der Waals surface area contributed by atoms with Crippen LogP contribution in [0, 0.1) is 0 Å². The molecule has 0 N–H and O–H groups in total. The Morgan fingerprint density at radius 2 is 0.493 bits per heavy atom. The number of aryl methyl sites for hydroxylation is 4. The molecule has 0 fully saturated rings. The van der Waals surface area contributed by atoms with Crippen LogP contribution in [0.3, 0.4) is 0 Å². The van der Waals surface area contributed by atoms with Crippen LogP contribution >= 0.6 is 0 Å². The van der Waals surface area contributed by atoms with Gasteiger partial charge >= 0.3 is 19.5 Å². The Morgan fingerprint density at radius 3 is 0.699 bits per heavy atom. The number of fused-ring (bicyclic) bond motifs is 8. The molecule has 370 valence electrons. The van der Waals surface area contributed by atoms with Gasteiger partial charge in [0.25, 0.3) is 0 Å². The van der Waals surface area contributed by atoms with Gasteiger partial charge in [0.05, 0.1) is 22.8 Å². The fourth-order valence-electron chi connectivity index (χ4n) is 10.6. The number of hydrogen-bond acceptors (Lipinski definition) is 2. The maximum atomic E-state index is 5.58. The van der Waals surface area contributed by atoms with Gasteiger partial charge in [0.1, 0.15) is 0 Å². The monoisotopic (exact) mass is 1010 g/mol. The van der Waals surface area contributed by atoms with Gasteiger partial charge in [-0.1, -0.05) is 226 Å². The standard InChI is InChI=1S/C68H76N4.Zn/c1-5-9-13-17-21-49-25-33-53(34-26-49)65-57-41-43-59(69-57)66(54-35-27-50(28-36-54)22-18-14-10-6-2)61-45-47-63(71-61)68(56-39-31-52(32-40-56)24-20-16-12-8-4)64-48-46-62(72-64)67(60-44-42-58(65)70-60)55-37-29-51(30-38-55)23-19-15-11-7-3;/h25-48H,5-24H2,1-4H3;/q-2;+2. The first-order valence-corrected chi connectivity index (χ1v) is 28.0. The molecule has 5 heteroatoms. The number of unbranched alkanes of at least 4 members (excludes halogenated alkanes) is 12. The summed E-state index contributed by atoms with van der Waals surface area (Å²) in [7, 11) is 0. The normalized spacial score (nSPS) is 11.9. The summed E-state index contributed by atoms with van der Waals surface area (Å²) >= 11 is 0. The average Bonchev–Trinajstić information content (AvgIpc) is 4.27. The minimum Gasteiger partial charge on any atom is -0.657 e. The van der Waals surface area contributed by atoms with Crippen LogP contribution in [0.5, 0.6) is 0 Å². The van der Waals surface area contributed by atoms with Crippen LogP contribution in [-0.2, 0) is 45.2 Å². The molecule has 2 aliphatic heterocycles. The molecule has 0 amide bonds. The second kappa shape index (κ2) is 26.9. The van der Waals surface area contributed by atoms with Crippen LogP contribution in [0.2, 0.25) is 0 Å². The molecule has 2 aliphatic rings. The van der Waals surface area contributed by atoms with Crippen molar-refractivity contribution in [3.05, 3.63) is 166 Å². The topological polar surface area (TPSA) is 54.0 Å². The molecule has 0 unspecified atom stereocenters. The molecule has 5 heterocycles. The summed E-state index contributed by atoms with van der Waals surface area (Å²) in [6.07, 6.45) is 33.1. The zero-order valence-electron chi connectivity index (χ0n) is 44.5. The van der Waals surface area contributed by atoms with E-state index in [2.05, 4.69) is 173 Å². The average molecular weight is 1010 g/mol. The van der Waals surface area contributed by atoms with Crippen LogP contribution in [-0.4, -0.2) is 9.97 Å². The van der Waals surface area contributed by atoms with Crippen molar-refractivity contribution in [3.8, 4) is 44.5 Å². The molecule has 0 spiro atoms. The number of nitrogens with zero attached hydrogens (tertiary/aromatic N) is 4. The van der Waals surface area contributed by atoms with Gasteiger partial charge in [-0.25, -0.2) is 9.97 Å². The molecule has 4 nitrogen and oxygen atoms in total. The molecule has 0 aliphatic carbocycles. The van der Waals surface area contributed by atoms with Gasteiger partial charge in [0.2, 0.25) is 0 Å². The molecule has 8 bridgehead atoms. The van der Waals surface area contributed by atoms with E-state index in [1.165, 1.54) is 125 Å². The van der Waals surface area contributed by atoms with Crippen molar-refractivity contribution >= 4 is 46.4 Å².